The Morgan fingerprint density at radius 2 is 1.87 bits per heavy atom. The van der Waals surface area contributed by atoms with Crippen molar-refractivity contribution in [2.24, 2.45) is 0 Å². The van der Waals surface area contributed by atoms with Crippen molar-refractivity contribution in [2.75, 3.05) is 18.1 Å². The topological polar surface area (TPSA) is 46.6 Å². The molecule has 0 radical (unpaired) electrons. The Morgan fingerprint density at radius 3 is 2.52 bits per heavy atom. The molecule has 0 aliphatic rings. The Morgan fingerprint density at radius 1 is 1.13 bits per heavy atom. The first kappa shape index (κ1) is 16.8. The van der Waals surface area contributed by atoms with Crippen LogP contribution in [0.25, 0.3) is 0 Å². The smallest absolute Gasteiger partial charge is 0.338 e. The van der Waals surface area contributed by atoms with Crippen molar-refractivity contribution in [1.29, 1.82) is 0 Å². The molecule has 0 atom stereocenters. The molecule has 0 fully saturated rings. The van der Waals surface area contributed by atoms with E-state index < -0.39 is 5.97 Å². The van der Waals surface area contributed by atoms with Gasteiger partial charge in [0.1, 0.15) is 0 Å². The summed E-state index contributed by atoms with van der Waals surface area (Å²) >= 11 is 5.83. The van der Waals surface area contributed by atoms with Crippen LogP contribution in [0.5, 0.6) is 0 Å². The summed E-state index contributed by atoms with van der Waals surface area (Å²) in [6.07, 6.45) is 1.61. The van der Waals surface area contributed by atoms with Crippen molar-refractivity contribution in [3.8, 4) is 0 Å². The number of nitrogens with zero attached hydrogens (tertiary/aromatic N) is 1. The number of ether oxygens (including phenoxy) is 1. The van der Waals surface area contributed by atoms with Gasteiger partial charge < -0.3 is 9.64 Å². The minimum absolute atomic E-state index is 0.306. The van der Waals surface area contributed by atoms with E-state index in [1.165, 1.54) is 11.0 Å². The van der Waals surface area contributed by atoms with Gasteiger partial charge in [0.05, 0.1) is 5.56 Å². The fraction of sp³-hybridized carbons (Fsp3) is 0.111. The number of carbonyl (C=O) groups is 2. The second-order valence-corrected chi connectivity index (χ2v) is 5.15. The van der Waals surface area contributed by atoms with E-state index in [4.69, 9.17) is 16.3 Å². The average molecular weight is 330 g/mol. The minimum atomic E-state index is -0.590. The Bertz CT molecular complexity index is 700. The highest BCUT2D eigenvalue weighted by atomic mass is 35.5. The normalized spacial score (nSPS) is 9.96. The van der Waals surface area contributed by atoms with Gasteiger partial charge >= 0.3 is 5.97 Å². The lowest BCUT2D eigenvalue weighted by Crippen LogP contribution is -2.34. The van der Waals surface area contributed by atoms with Crippen molar-refractivity contribution in [3.05, 3.63) is 77.8 Å². The summed E-state index contributed by atoms with van der Waals surface area (Å²) < 4.78 is 5.07. The molecule has 0 bridgehead atoms. The van der Waals surface area contributed by atoms with Crippen LogP contribution in [0.4, 0.5) is 5.69 Å². The lowest BCUT2D eigenvalue weighted by atomic mass is 10.2. The van der Waals surface area contributed by atoms with Crippen molar-refractivity contribution >= 4 is 29.2 Å². The molecule has 0 heterocycles. The van der Waals surface area contributed by atoms with Crippen LogP contribution in [0.15, 0.2) is 67.3 Å². The summed E-state index contributed by atoms with van der Waals surface area (Å²) in [7, 11) is 0. The first-order chi connectivity index (χ1) is 11.1. The average Bonchev–Trinajstić information content (AvgIpc) is 2.58. The number of para-hydroxylation sites is 1. The van der Waals surface area contributed by atoms with Gasteiger partial charge in [-0.25, -0.2) is 4.79 Å². The summed E-state index contributed by atoms with van der Waals surface area (Å²) in [6.45, 7) is 3.62. The van der Waals surface area contributed by atoms with Crippen LogP contribution in [0.3, 0.4) is 0 Å². The van der Waals surface area contributed by atoms with E-state index in [9.17, 15) is 9.59 Å². The van der Waals surface area contributed by atoms with Gasteiger partial charge in [0.25, 0.3) is 5.91 Å². The molecule has 0 saturated heterocycles. The first-order valence-corrected chi connectivity index (χ1v) is 7.38. The zero-order valence-corrected chi connectivity index (χ0v) is 13.2. The van der Waals surface area contributed by atoms with Gasteiger partial charge in [0.2, 0.25) is 0 Å². The highest BCUT2D eigenvalue weighted by molar-refractivity contribution is 6.30. The van der Waals surface area contributed by atoms with E-state index >= 15 is 0 Å². The van der Waals surface area contributed by atoms with Crippen LogP contribution in [-0.2, 0) is 9.53 Å². The van der Waals surface area contributed by atoms with Gasteiger partial charge in [0.15, 0.2) is 6.61 Å². The molecule has 23 heavy (non-hydrogen) atoms. The minimum Gasteiger partial charge on any atom is -0.452 e. The van der Waals surface area contributed by atoms with Crippen molar-refractivity contribution in [1.82, 2.24) is 0 Å². The lowest BCUT2D eigenvalue weighted by Gasteiger charge is -2.21. The molecule has 2 aromatic rings. The van der Waals surface area contributed by atoms with E-state index in [-0.39, 0.29) is 12.5 Å². The molecule has 0 aliphatic carbocycles. The van der Waals surface area contributed by atoms with Crippen LogP contribution in [-0.4, -0.2) is 25.0 Å². The third kappa shape index (κ3) is 4.69. The predicted molar refractivity (Wildman–Crippen MR) is 90.7 cm³/mol. The fourth-order valence-electron chi connectivity index (χ4n) is 1.99. The summed E-state index contributed by atoms with van der Waals surface area (Å²) in [4.78, 5) is 25.8. The maximum atomic E-state index is 12.3. The molecule has 0 unspecified atom stereocenters. The number of benzene rings is 2. The highest BCUT2D eigenvalue weighted by Crippen LogP contribution is 2.14. The standard InChI is InChI=1S/C18H16ClNO3/c1-2-11-20(16-9-4-3-5-10-16)17(21)13-23-18(22)14-7-6-8-15(19)12-14/h2-10,12H,1,11,13H2. The molecular weight excluding hydrogens is 314 g/mol. The van der Waals surface area contributed by atoms with Crippen molar-refractivity contribution in [2.45, 2.75) is 0 Å². The van der Waals surface area contributed by atoms with Gasteiger partial charge in [-0.15, -0.1) is 6.58 Å². The van der Waals surface area contributed by atoms with Gasteiger partial charge in [-0.1, -0.05) is 41.9 Å². The van der Waals surface area contributed by atoms with Crippen LogP contribution in [0.1, 0.15) is 10.4 Å². The number of hydrogen-bond donors (Lipinski definition) is 0. The van der Waals surface area contributed by atoms with Gasteiger partial charge in [-0.2, -0.15) is 0 Å². The second kappa shape index (κ2) is 8.15. The number of hydrogen-bond acceptors (Lipinski definition) is 3. The van der Waals surface area contributed by atoms with E-state index in [2.05, 4.69) is 6.58 Å². The molecule has 2 aromatic carbocycles. The molecule has 2 rings (SSSR count). The summed E-state index contributed by atoms with van der Waals surface area (Å²) in [5.74, 6) is -0.918. The maximum absolute atomic E-state index is 12.3. The number of anilines is 1. The molecular formula is C18H16ClNO3. The summed E-state index contributed by atoms with van der Waals surface area (Å²) in [6, 6.07) is 15.5. The Labute approximate surface area is 139 Å². The largest absolute Gasteiger partial charge is 0.452 e. The van der Waals surface area contributed by atoms with Gasteiger partial charge in [-0.3, -0.25) is 4.79 Å². The number of amides is 1. The number of halogens is 1. The number of esters is 1. The zero-order valence-electron chi connectivity index (χ0n) is 12.4. The number of rotatable bonds is 6. The highest BCUT2D eigenvalue weighted by Gasteiger charge is 2.17. The number of carbonyl (C=O) groups excluding carboxylic acids is 2. The fourth-order valence-corrected chi connectivity index (χ4v) is 2.18. The van der Waals surface area contributed by atoms with Crippen LogP contribution < -0.4 is 4.90 Å². The summed E-state index contributed by atoms with van der Waals surface area (Å²) in [5.41, 5.74) is 1.02. The summed E-state index contributed by atoms with van der Waals surface area (Å²) in [5, 5.41) is 0.434. The van der Waals surface area contributed by atoms with E-state index in [1.807, 2.05) is 18.2 Å². The predicted octanol–water partition coefficient (Wildman–Crippen LogP) is 3.72. The Hall–Kier alpha value is -2.59. The van der Waals surface area contributed by atoms with Gasteiger partial charge in [-0.05, 0) is 30.3 Å². The van der Waals surface area contributed by atoms with E-state index in [1.54, 1.807) is 36.4 Å². The second-order valence-electron chi connectivity index (χ2n) is 4.72. The Kier molecular flexibility index (Phi) is 5.94. The molecule has 0 aliphatic heterocycles. The quantitative estimate of drug-likeness (QED) is 0.599. The molecule has 0 aromatic heterocycles. The van der Waals surface area contributed by atoms with Crippen LogP contribution in [0.2, 0.25) is 5.02 Å². The van der Waals surface area contributed by atoms with Crippen LogP contribution >= 0.6 is 11.6 Å². The molecule has 118 valence electrons. The Balaban J connectivity index is 2.02. The van der Waals surface area contributed by atoms with Crippen molar-refractivity contribution < 1.29 is 14.3 Å². The molecule has 0 spiro atoms. The third-order valence-electron chi connectivity index (χ3n) is 3.07. The van der Waals surface area contributed by atoms with Crippen molar-refractivity contribution in [3.63, 3.8) is 0 Å². The molecule has 4 nitrogen and oxygen atoms in total. The van der Waals surface area contributed by atoms with E-state index in [0.717, 1.165) is 5.69 Å². The molecule has 0 saturated carbocycles. The maximum Gasteiger partial charge on any atom is 0.338 e. The molecule has 1 amide bonds. The first-order valence-electron chi connectivity index (χ1n) is 7.01. The molecule has 0 N–H and O–H groups in total. The molecule has 5 heteroatoms. The SMILES string of the molecule is C=CCN(C(=O)COC(=O)c1cccc(Cl)c1)c1ccccc1. The van der Waals surface area contributed by atoms with Crippen LogP contribution in [0, 0.1) is 0 Å². The van der Waals surface area contributed by atoms with Gasteiger partial charge in [0, 0.05) is 17.3 Å². The van der Waals surface area contributed by atoms with E-state index in [0.29, 0.717) is 17.1 Å². The zero-order chi connectivity index (χ0) is 16.7. The monoisotopic (exact) mass is 329 g/mol. The lowest BCUT2D eigenvalue weighted by molar-refractivity contribution is -0.121. The third-order valence-corrected chi connectivity index (χ3v) is 3.30.